The molecule has 1 aliphatic carbocycles. The third kappa shape index (κ3) is 2.68. The number of aliphatic hydroxyl groups is 1. The number of benzene rings is 1. The molecule has 0 aliphatic heterocycles. The molecule has 2 unspecified atom stereocenters. The molecule has 1 fully saturated rings. The topological polar surface area (TPSA) is 58.3 Å². The molecule has 3 nitrogen and oxygen atoms in total. The summed E-state index contributed by atoms with van der Waals surface area (Å²) in [6.07, 6.45) is 3.92. The van der Waals surface area contributed by atoms with Gasteiger partial charge in [0.05, 0.1) is 23.5 Å². The maximum atomic E-state index is 9.88. The molecule has 0 saturated heterocycles. The zero-order valence-electron chi connectivity index (χ0n) is 9.12. The summed E-state index contributed by atoms with van der Waals surface area (Å²) < 4.78 is 0.995. The number of aliphatic hydroxyl groups excluding tert-OH is 1. The fraction of sp³-hybridized carbons (Fsp3) is 0.500. The Labute approximate surface area is 104 Å². The summed E-state index contributed by atoms with van der Waals surface area (Å²) in [6, 6.07) is 5.86. The first-order chi connectivity index (χ1) is 7.66. The highest BCUT2D eigenvalue weighted by Crippen LogP contribution is 2.27. The van der Waals surface area contributed by atoms with Crippen LogP contribution in [-0.4, -0.2) is 17.3 Å². The summed E-state index contributed by atoms with van der Waals surface area (Å²) in [7, 11) is 0. The van der Waals surface area contributed by atoms with E-state index in [0.717, 1.165) is 35.1 Å². The zero-order chi connectivity index (χ0) is 11.5. The lowest BCUT2D eigenvalue weighted by Crippen LogP contribution is -2.36. The number of anilines is 2. The first-order valence-corrected chi connectivity index (χ1v) is 6.46. The SMILES string of the molecule is Nc1ccc(Br)cc1NC1CCCCC1O. The van der Waals surface area contributed by atoms with Crippen LogP contribution in [0.1, 0.15) is 25.7 Å². The van der Waals surface area contributed by atoms with Crippen molar-refractivity contribution >= 4 is 27.3 Å². The summed E-state index contributed by atoms with van der Waals surface area (Å²) in [5.74, 6) is 0. The molecule has 16 heavy (non-hydrogen) atoms. The van der Waals surface area contributed by atoms with Crippen molar-refractivity contribution in [1.29, 1.82) is 0 Å². The van der Waals surface area contributed by atoms with E-state index in [4.69, 9.17) is 5.73 Å². The number of halogens is 1. The second kappa shape index (κ2) is 5.06. The van der Waals surface area contributed by atoms with E-state index in [2.05, 4.69) is 21.2 Å². The van der Waals surface area contributed by atoms with Gasteiger partial charge in [-0.15, -0.1) is 0 Å². The van der Waals surface area contributed by atoms with Crippen molar-refractivity contribution in [2.75, 3.05) is 11.1 Å². The Hall–Kier alpha value is -0.740. The summed E-state index contributed by atoms with van der Waals surface area (Å²) in [5.41, 5.74) is 7.51. The van der Waals surface area contributed by atoms with Crippen LogP contribution in [0, 0.1) is 0 Å². The van der Waals surface area contributed by atoms with Crippen molar-refractivity contribution < 1.29 is 5.11 Å². The number of nitrogens with two attached hydrogens (primary N) is 1. The Morgan fingerprint density at radius 1 is 1.31 bits per heavy atom. The van der Waals surface area contributed by atoms with Crippen molar-refractivity contribution in [1.82, 2.24) is 0 Å². The zero-order valence-corrected chi connectivity index (χ0v) is 10.7. The van der Waals surface area contributed by atoms with Gasteiger partial charge in [-0.25, -0.2) is 0 Å². The highest BCUT2D eigenvalue weighted by atomic mass is 79.9. The average Bonchev–Trinajstić information content (AvgIpc) is 2.27. The molecule has 0 radical (unpaired) electrons. The third-order valence-electron chi connectivity index (χ3n) is 3.09. The summed E-state index contributed by atoms with van der Waals surface area (Å²) in [5, 5.41) is 13.2. The van der Waals surface area contributed by atoms with Crippen LogP contribution in [0.25, 0.3) is 0 Å². The Kier molecular flexibility index (Phi) is 3.71. The minimum atomic E-state index is -0.257. The fourth-order valence-electron chi connectivity index (χ4n) is 2.13. The molecule has 1 aromatic carbocycles. The predicted octanol–water partition coefficient (Wildman–Crippen LogP) is 2.75. The molecule has 88 valence electrons. The van der Waals surface area contributed by atoms with E-state index in [1.54, 1.807) is 0 Å². The van der Waals surface area contributed by atoms with E-state index in [1.165, 1.54) is 6.42 Å². The highest BCUT2D eigenvalue weighted by Gasteiger charge is 2.23. The van der Waals surface area contributed by atoms with E-state index < -0.39 is 0 Å². The van der Waals surface area contributed by atoms with Gasteiger partial charge >= 0.3 is 0 Å². The van der Waals surface area contributed by atoms with Crippen LogP contribution < -0.4 is 11.1 Å². The predicted molar refractivity (Wildman–Crippen MR) is 70.4 cm³/mol. The number of hydrogen-bond acceptors (Lipinski definition) is 3. The minimum Gasteiger partial charge on any atom is -0.397 e. The van der Waals surface area contributed by atoms with Crippen LogP contribution in [0.4, 0.5) is 11.4 Å². The fourth-order valence-corrected chi connectivity index (χ4v) is 2.49. The van der Waals surface area contributed by atoms with E-state index >= 15 is 0 Å². The van der Waals surface area contributed by atoms with Crippen LogP contribution in [0.2, 0.25) is 0 Å². The Morgan fingerprint density at radius 3 is 2.81 bits per heavy atom. The van der Waals surface area contributed by atoms with Gasteiger partial charge in [-0.2, -0.15) is 0 Å². The maximum absolute atomic E-state index is 9.88. The van der Waals surface area contributed by atoms with Gasteiger partial charge < -0.3 is 16.2 Å². The normalized spacial score (nSPS) is 25.4. The third-order valence-corrected chi connectivity index (χ3v) is 3.58. The van der Waals surface area contributed by atoms with Gasteiger partial charge in [0.15, 0.2) is 0 Å². The van der Waals surface area contributed by atoms with Gasteiger partial charge in [0, 0.05) is 4.47 Å². The van der Waals surface area contributed by atoms with Crippen LogP contribution in [0.5, 0.6) is 0 Å². The van der Waals surface area contributed by atoms with E-state index in [-0.39, 0.29) is 12.1 Å². The smallest absolute Gasteiger partial charge is 0.0741 e. The second-order valence-corrected chi connectivity index (χ2v) is 5.25. The minimum absolute atomic E-state index is 0.130. The van der Waals surface area contributed by atoms with Crippen molar-refractivity contribution in [2.24, 2.45) is 0 Å². The van der Waals surface area contributed by atoms with Gasteiger partial charge in [0.25, 0.3) is 0 Å². The van der Waals surface area contributed by atoms with Gasteiger partial charge in [0.2, 0.25) is 0 Å². The first-order valence-electron chi connectivity index (χ1n) is 5.66. The monoisotopic (exact) mass is 284 g/mol. The molecular formula is C12H17BrN2O. The number of nitrogen functional groups attached to an aromatic ring is 1. The molecule has 2 atom stereocenters. The number of hydrogen-bond donors (Lipinski definition) is 3. The lowest BCUT2D eigenvalue weighted by atomic mass is 9.92. The van der Waals surface area contributed by atoms with Crippen LogP contribution in [0.3, 0.4) is 0 Å². The molecule has 0 bridgehead atoms. The molecule has 1 aromatic rings. The lowest BCUT2D eigenvalue weighted by molar-refractivity contribution is 0.116. The van der Waals surface area contributed by atoms with Crippen LogP contribution >= 0.6 is 15.9 Å². The maximum Gasteiger partial charge on any atom is 0.0741 e. The van der Waals surface area contributed by atoms with Gasteiger partial charge in [-0.1, -0.05) is 28.8 Å². The highest BCUT2D eigenvalue weighted by molar-refractivity contribution is 9.10. The molecule has 4 N–H and O–H groups in total. The summed E-state index contributed by atoms with van der Waals surface area (Å²) >= 11 is 3.42. The molecule has 0 amide bonds. The van der Waals surface area contributed by atoms with Crippen LogP contribution in [0.15, 0.2) is 22.7 Å². The number of rotatable bonds is 2. The standard InChI is InChI=1S/C12H17BrN2O/c13-8-5-6-9(14)11(7-8)15-10-3-1-2-4-12(10)16/h5-7,10,12,15-16H,1-4,14H2. The van der Waals surface area contributed by atoms with Crippen LogP contribution in [-0.2, 0) is 0 Å². The van der Waals surface area contributed by atoms with Crippen molar-refractivity contribution in [2.45, 2.75) is 37.8 Å². The first kappa shape index (κ1) is 11.7. The van der Waals surface area contributed by atoms with E-state index in [0.29, 0.717) is 0 Å². The molecule has 4 heteroatoms. The van der Waals surface area contributed by atoms with Gasteiger partial charge in [0.1, 0.15) is 0 Å². The molecule has 0 heterocycles. The van der Waals surface area contributed by atoms with E-state index in [1.807, 2.05) is 18.2 Å². The molecule has 0 spiro atoms. The summed E-state index contributed by atoms with van der Waals surface area (Å²) in [4.78, 5) is 0. The van der Waals surface area contributed by atoms with E-state index in [9.17, 15) is 5.11 Å². The largest absolute Gasteiger partial charge is 0.397 e. The van der Waals surface area contributed by atoms with Crippen molar-refractivity contribution in [3.05, 3.63) is 22.7 Å². The Bertz CT molecular complexity index is 370. The second-order valence-electron chi connectivity index (χ2n) is 4.33. The van der Waals surface area contributed by atoms with Gasteiger partial charge in [-0.3, -0.25) is 0 Å². The molecular weight excluding hydrogens is 268 g/mol. The Balaban J connectivity index is 2.10. The molecule has 0 aromatic heterocycles. The summed E-state index contributed by atoms with van der Waals surface area (Å²) in [6.45, 7) is 0. The number of nitrogens with one attached hydrogen (secondary N) is 1. The molecule has 2 rings (SSSR count). The molecule has 1 aliphatic rings. The quantitative estimate of drug-likeness (QED) is 0.732. The molecule has 1 saturated carbocycles. The average molecular weight is 285 g/mol. The van der Waals surface area contributed by atoms with Crippen molar-refractivity contribution in [3.63, 3.8) is 0 Å². The lowest BCUT2D eigenvalue weighted by Gasteiger charge is -2.29. The Morgan fingerprint density at radius 2 is 2.06 bits per heavy atom. The van der Waals surface area contributed by atoms with Crippen molar-refractivity contribution in [3.8, 4) is 0 Å². The van der Waals surface area contributed by atoms with Gasteiger partial charge in [-0.05, 0) is 31.0 Å².